The van der Waals surface area contributed by atoms with Gasteiger partial charge in [-0.05, 0) is 67.7 Å². The van der Waals surface area contributed by atoms with Crippen LogP contribution in [-0.2, 0) is 0 Å². The highest BCUT2D eigenvalue weighted by Gasteiger charge is 2.39. The van der Waals surface area contributed by atoms with Gasteiger partial charge in [0.15, 0.2) is 0 Å². The lowest BCUT2D eigenvalue weighted by Gasteiger charge is -2.44. The van der Waals surface area contributed by atoms with Gasteiger partial charge >= 0.3 is 0 Å². The minimum absolute atomic E-state index is 0.0430. The first-order chi connectivity index (χ1) is 12.2. The molecule has 1 aromatic rings. The fourth-order valence-electron chi connectivity index (χ4n) is 3.88. The molecule has 0 unspecified atom stereocenters. The summed E-state index contributed by atoms with van der Waals surface area (Å²) in [6.07, 6.45) is 4.92. The zero-order chi connectivity index (χ0) is 19.5. The number of anilines is 1. The van der Waals surface area contributed by atoms with Crippen LogP contribution in [0, 0.1) is 17.3 Å². The van der Waals surface area contributed by atoms with Crippen LogP contribution in [0.1, 0.15) is 43.5 Å². The van der Waals surface area contributed by atoms with E-state index in [0.29, 0.717) is 17.2 Å². The third-order valence-electron chi connectivity index (χ3n) is 5.73. The number of amides is 1. The minimum atomic E-state index is -0.450. The van der Waals surface area contributed by atoms with Crippen LogP contribution in [0.3, 0.4) is 0 Å². The molecular formula is C22H30N2O2. The standard InChI is InChI=1S/C22H30N2O2/c1-6-22(5)12-11-18(13-20(22)15(2)3)16(4)14-24(26)21(25)17-7-9-19(23)10-8-17/h6-10,18,20,26H,1-2,4,11-14,23H2,3,5H3/t18-,20+,22-/m1/s1. The fraction of sp³-hybridized carbons (Fsp3) is 0.409. The van der Waals surface area contributed by atoms with Crippen LogP contribution >= 0.6 is 0 Å². The molecule has 0 spiro atoms. The average Bonchev–Trinajstić information content (AvgIpc) is 2.61. The fourth-order valence-corrected chi connectivity index (χ4v) is 3.88. The number of benzene rings is 1. The van der Waals surface area contributed by atoms with E-state index in [1.807, 2.05) is 6.08 Å². The maximum absolute atomic E-state index is 12.4. The molecule has 3 N–H and O–H groups in total. The highest BCUT2D eigenvalue weighted by Crippen LogP contribution is 2.48. The molecule has 2 rings (SSSR count). The van der Waals surface area contributed by atoms with E-state index in [4.69, 9.17) is 5.73 Å². The predicted octanol–water partition coefficient (Wildman–Crippen LogP) is 4.84. The molecule has 3 atom stereocenters. The van der Waals surface area contributed by atoms with Gasteiger partial charge in [0.2, 0.25) is 0 Å². The molecule has 1 amide bonds. The molecule has 1 fully saturated rings. The first-order valence-corrected chi connectivity index (χ1v) is 9.01. The summed E-state index contributed by atoms with van der Waals surface area (Å²) in [5.41, 5.74) is 8.67. The lowest BCUT2D eigenvalue weighted by molar-refractivity contribution is -0.0532. The van der Waals surface area contributed by atoms with E-state index in [-0.39, 0.29) is 17.9 Å². The van der Waals surface area contributed by atoms with E-state index < -0.39 is 5.91 Å². The first-order valence-electron chi connectivity index (χ1n) is 9.01. The minimum Gasteiger partial charge on any atom is -0.399 e. The number of nitrogen functional groups attached to an aromatic ring is 1. The lowest BCUT2D eigenvalue weighted by atomic mass is 9.61. The van der Waals surface area contributed by atoms with E-state index in [9.17, 15) is 10.0 Å². The Bertz CT molecular complexity index is 707. The molecule has 4 nitrogen and oxygen atoms in total. The molecule has 1 saturated carbocycles. The van der Waals surface area contributed by atoms with Crippen LogP contribution < -0.4 is 5.73 Å². The van der Waals surface area contributed by atoms with Gasteiger partial charge in [-0.1, -0.05) is 37.3 Å². The zero-order valence-electron chi connectivity index (χ0n) is 15.9. The largest absolute Gasteiger partial charge is 0.399 e. The Kier molecular flexibility index (Phi) is 6.09. The first kappa shape index (κ1) is 20.0. The molecule has 1 aliphatic rings. The molecular weight excluding hydrogens is 324 g/mol. The second kappa shape index (κ2) is 7.92. The Morgan fingerprint density at radius 1 is 1.38 bits per heavy atom. The third kappa shape index (κ3) is 4.25. The number of hydroxylamine groups is 2. The average molecular weight is 354 g/mol. The molecule has 1 aromatic carbocycles. The van der Waals surface area contributed by atoms with Crippen molar-refractivity contribution in [2.75, 3.05) is 12.3 Å². The van der Waals surface area contributed by atoms with Crippen LogP contribution in [0.25, 0.3) is 0 Å². The lowest BCUT2D eigenvalue weighted by Crippen LogP contribution is -2.36. The van der Waals surface area contributed by atoms with Gasteiger partial charge in [0.1, 0.15) is 0 Å². The molecule has 0 heterocycles. The van der Waals surface area contributed by atoms with Crippen molar-refractivity contribution in [3.8, 4) is 0 Å². The van der Waals surface area contributed by atoms with Crippen molar-refractivity contribution in [2.24, 2.45) is 17.3 Å². The molecule has 0 saturated heterocycles. The SMILES string of the molecule is C=C[C@]1(C)CC[C@@H](C(=C)CN(O)C(=O)c2ccc(N)cc2)C[C@H]1C(=C)C. The quantitative estimate of drug-likeness (QED) is 0.332. The Hall–Kier alpha value is -2.33. The number of rotatable bonds is 6. The van der Waals surface area contributed by atoms with E-state index >= 15 is 0 Å². The highest BCUT2D eigenvalue weighted by atomic mass is 16.5. The van der Waals surface area contributed by atoms with Crippen LogP contribution in [0.5, 0.6) is 0 Å². The molecule has 0 bridgehead atoms. The van der Waals surface area contributed by atoms with Crippen LogP contribution in [0.15, 0.2) is 61.2 Å². The van der Waals surface area contributed by atoms with Crippen molar-refractivity contribution in [3.63, 3.8) is 0 Å². The van der Waals surface area contributed by atoms with Gasteiger partial charge in [0.25, 0.3) is 5.91 Å². The monoisotopic (exact) mass is 354 g/mol. The summed E-state index contributed by atoms with van der Waals surface area (Å²) in [5, 5.41) is 11.0. The summed E-state index contributed by atoms with van der Waals surface area (Å²) in [4.78, 5) is 12.4. The second-order valence-corrected chi connectivity index (χ2v) is 7.72. The summed E-state index contributed by atoms with van der Waals surface area (Å²) in [5.74, 6) is 0.128. The number of carbonyl (C=O) groups is 1. The molecule has 140 valence electrons. The summed E-state index contributed by atoms with van der Waals surface area (Å²) in [7, 11) is 0. The van der Waals surface area contributed by atoms with Crippen LogP contribution in [0.2, 0.25) is 0 Å². The van der Waals surface area contributed by atoms with E-state index in [2.05, 4.69) is 33.6 Å². The number of nitrogens with zero attached hydrogens (tertiary/aromatic N) is 1. The van der Waals surface area contributed by atoms with Gasteiger partial charge in [0, 0.05) is 11.3 Å². The summed E-state index contributed by atoms with van der Waals surface area (Å²) in [6.45, 7) is 16.7. The maximum Gasteiger partial charge on any atom is 0.277 e. The molecule has 26 heavy (non-hydrogen) atoms. The summed E-state index contributed by atoms with van der Waals surface area (Å²) >= 11 is 0. The number of allylic oxidation sites excluding steroid dienone is 2. The van der Waals surface area contributed by atoms with Gasteiger partial charge in [-0.3, -0.25) is 10.0 Å². The van der Waals surface area contributed by atoms with Crippen molar-refractivity contribution in [1.29, 1.82) is 0 Å². The maximum atomic E-state index is 12.4. The van der Waals surface area contributed by atoms with Gasteiger partial charge in [-0.15, -0.1) is 6.58 Å². The Morgan fingerprint density at radius 2 is 2.00 bits per heavy atom. The molecule has 4 heteroatoms. The van der Waals surface area contributed by atoms with Crippen molar-refractivity contribution >= 4 is 11.6 Å². The van der Waals surface area contributed by atoms with E-state index in [0.717, 1.165) is 35.5 Å². The Balaban J connectivity index is 2.03. The van der Waals surface area contributed by atoms with Crippen LogP contribution in [-0.4, -0.2) is 22.7 Å². The molecule has 1 aliphatic carbocycles. The Morgan fingerprint density at radius 3 is 2.54 bits per heavy atom. The van der Waals surface area contributed by atoms with Crippen molar-refractivity contribution in [3.05, 3.63) is 66.8 Å². The third-order valence-corrected chi connectivity index (χ3v) is 5.73. The number of nitrogens with two attached hydrogens (primary N) is 1. The number of hydrogen-bond acceptors (Lipinski definition) is 3. The van der Waals surface area contributed by atoms with E-state index in [1.54, 1.807) is 24.3 Å². The number of hydrogen-bond donors (Lipinski definition) is 2. The van der Waals surface area contributed by atoms with Gasteiger partial charge < -0.3 is 5.73 Å². The van der Waals surface area contributed by atoms with Crippen molar-refractivity contribution in [1.82, 2.24) is 5.06 Å². The smallest absolute Gasteiger partial charge is 0.277 e. The van der Waals surface area contributed by atoms with Crippen molar-refractivity contribution in [2.45, 2.75) is 33.1 Å². The number of carbonyl (C=O) groups excluding carboxylic acids is 1. The zero-order valence-corrected chi connectivity index (χ0v) is 15.9. The highest BCUT2D eigenvalue weighted by molar-refractivity contribution is 5.93. The predicted molar refractivity (Wildman–Crippen MR) is 107 cm³/mol. The van der Waals surface area contributed by atoms with Gasteiger partial charge in [-0.25, -0.2) is 5.06 Å². The topological polar surface area (TPSA) is 66.6 Å². The molecule has 0 aromatic heterocycles. The second-order valence-electron chi connectivity index (χ2n) is 7.72. The molecule has 0 radical (unpaired) electrons. The van der Waals surface area contributed by atoms with Gasteiger partial charge in [0.05, 0.1) is 6.54 Å². The summed E-state index contributed by atoms with van der Waals surface area (Å²) < 4.78 is 0. The molecule has 0 aliphatic heterocycles. The van der Waals surface area contributed by atoms with Gasteiger partial charge in [-0.2, -0.15) is 0 Å². The van der Waals surface area contributed by atoms with E-state index in [1.165, 1.54) is 0 Å². The van der Waals surface area contributed by atoms with Crippen molar-refractivity contribution < 1.29 is 10.0 Å². The van der Waals surface area contributed by atoms with Crippen LogP contribution in [0.4, 0.5) is 5.69 Å². The normalized spacial score (nSPS) is 25.3. The summed E-state index contributed by atoms with van der Waals surface area (Å²) in [6, 6.07) is 6.50. The Labute approximate surface area is 156 Å².